The lowest BCUT2D eigenvalue weighted by Gasteiger charge is -2.11. The van der Waals surface area contributed by atoms with Crippen molar-refractivity contribution in [3.05, 3.63) is 77.6 Å². The van der Waals surface area contributed by atoms with Crippen LogP contribution >= 0.6 is 0 Å². The lowest BCUT2D eigenvalue weighted by molar-refractivity contribution is -0.141. The quantitative estimate of drug-likeness (QED) is 0.401. The van der Waals surface area contributed by atoms with Crippen molar-refractivity contribution in [2.75, 3.05) is 5.32 Å². The van der Waals surface area contributed by atoms with Gasteiger partial charge in [0.05, 0.1) is 11.4 Å². The van der Waals surface area contributed by atoms with Crippen LogP contribution in [0.2, 0.25) is 0 Å². The van der Waals surface area contributed by atoms with Crippen LogP contribution in [0.25, 0.3) is 17.1 Å². The van der Waals surface area contributed by atoms with Crippen LogP contribution in [-0.4, -0.2) is 30.5 Å². The Balaban J connectivity index is 1.35. The zero-order valence-corrected chi connectivity index (χ0v) is 18.4. The summed E-state index contributed by atoms with van der Waals surface area (Å²) in [5, 5.41) is 14.6. The molecule has 0 bridgehead atoms. The Morgan fingerprint density at radius 3 is 2.51 bits per heavy atom. The first-order valence-electron chi connectivity index (χ1n) is 11.1. The number of nitrogens with one attached hydrogen (secondary N) is 1. The van der Waals surface area contributed by atoms with Crippen LogP contribution in [0.4, 0.5) is 23.2 Å². The third-order valence-electron chi connectivity index (χ3n) is 5.86. The average Bonchev–Trinajstić information content (AvgIpc) is 3.43. The second-order valence-electron chi connectivity index (χ2n) is 8.24. The molecule has 11 heteroatoms. The van der Waals surface area contributed by atoms with Gasteiger partial charge in [-0.1, -0.05) is 6.42 Å². The summed E-state index contributed by atoms with van der Waals surface area (Å²) >= 11 is 0. The Hall–Kier alpha value is -4.02. The summed E-state index contributed by atoms with van der Waals surface area (Å²) < 4.78 is 55.9. The largest absolute Gasteiger partial charge is 0.435 e. The summed E-state index contributed by atoms with van der Waals surface area (Å²) in [4.78, 5) is 12.7. The number of alkyl halides is 3. The molecule has 0 atom stereocenters. The molecule has 0 aliphatic carbocycles. The maximum Gasteiger partial charge on any atom is 0.435 e. The first kappa shape index (κ1) is 22.8. The standard InChI is InChI=1S/C24H20F4N6O/c25-18-10-7-16(22-31-30-21-4-2-1-3-12-33(21)22)14-19(18)29-23(35)15-5-8-17(9-6-15)34-13-11-20(32-34)24(26,27)28/h5-11,13-14H,1-4,12H2,(H,29,35). The minimum atomic E-state index is -4.55. The number of hydrogen-bond acceptors (Lipinski definition) is 4. The van der Waals surface area contributed by atoms with Crippen LogP contribution in [0.5, 0.6) is 0 Å². The van der Waals surface area contributed by atoms with E-state index in [4.69, 9.17) is 0 Å². The number of aromatic nitrogens is 5. The van der Waals surface area contributed by atoms with E-state index in [-0.39, 0.29) is 11.3 Å². The maximum absolute atomic E-state index is 14.5. The smallest absolute Gasteiger partial charge is 0.319 e. The summed E-state index contributed by atoms with van der Waals surface area (Å²) in [7, 11) is 0. The summed E-state index contributed by atoms with van der Waals surface area (Å²) in [5.41, 5.74) is 0.163. The second kappa shape index (κ2) is 8.97. The van der Waals surface area contributed by atoms with E-state index in [9.17, 15) is 22.4 Å². The number of hydrogen-bond donors (Lipinski definition) is 1. The van der Waals surface area contributed by atoms with E-state index in [2.05, 4.69) is 20.6 Å². The van der Waals surface area contributed by atoms with E-state index in [1.54, 1.807) is 6.07 Å². The van der Waals surface area contributed by atoms with Crippen LogP contribution in [0.15, 0.2) is 54.7 Å². The normalized spacial score (nSPS) is 13.8. The van der Waals surface area contributed by atoms with Crippen molar-refractivity contribution < 1.29 is 22.4 Å². The van der Waals surface area contributed by atoms with Crippen LogP contribution in [0.1, 0.15) is 41.1 Å². The SMILES string of the molecule is O=C(Nc1cc(-c2nnc3n2CCCCC3)ccc1F)c1ccc(-n2ccc(C(F)(F)F)n2)cc1. The fraction of sp³-hybridized carbons (Fsp3) is 0.250. The molecule has 2 aromatic carbocycles. The predicted molar refractivity (Wildman–Crippen MR) is 119 cm³/mol. The number of fused-ring (bicyclic) bond motifs is 1. The number of carbonyl (C=O) groups is 1. The van der Waals surface area contributed by atoms with Gasteiger partial charge in [-0.15, -0.1) is 10.2 Å². The van der Waals surface area contributed by atoms with E-state index >= 15 is 0 Å². The van der Waals surface area contributed by atoms with Crippen LogP contribution in [-0.2, 0) is 19.1 Å². The van der Waals surface area contributed by atoms with Crippen LogP contribution in [0, 0.1) is 5.82 Å². The molecule has 3 heterocycles. The highest BCUT2D eigenvalue weighted by Gasteiger charge is 2.33. The predicted octanol–water partition coefficient (Wildman–Crippen LogP) is 5.27. The molecular weight excluding hydrogens is 464 g/mol. The van der Waals surface area contributed by atoms with Gasteiger partial charge >= 0.3 is 6.18 Å². The van der Waals surface area contributed by atoms with Crippen LogP contribution in [0.3, 0.4) is 0 Å². The van der Waals surface area contributed by atoms with E-state index in [1.807, 2.05) is 4.57 Å². The van der Waals surface area contributed by atoms with Crippen molar-refractivity contribution in [1.29, 1.82) is 0 Å². The van der Waals surface area contributed by atoms with E-state index in [1.165, 1.54) is 42.6 Å². The van der Waals surface area contributed by atoms with Crippen molar-refractivity contribution in [3.63, 3.8) is 0 Å². The van der Waals surface area contributed by atoms with E-state index < -0.39 is 23.6 Å². The van der Waals surface area contributed by atoms with Gasteiger partial charge in [0.1, 0.15) is 11.6 Å². The van der Waals surface area contributed by atoms with Gasteiger partial charge in [-0.3, -0.25) is 4.79 Å². The Labute approximate surface area is 197 Å². The molecule has 1 amide bonds. The summed E-state index contributed by atoms with van der Waals surface area (Å²) in [6.07, 6.45) is 0.638. The summed E-state index contributed by atoms with van der Waals surface area (Å²) in [5.74, 6) is 0.348. The number of amides is 1. The zero-order chi connectivity index (χ0) is 24.6. The molecule has 4 aromatic rings. The molecule has 180 valence electrons. The summed E-state index contributed by atoms with van der Waals surface area (Å²) in [6, 6.07) is 11.0. The van der Waals surface area contributed by atoms with Gasteiger partial charge in [-0.2, -0.15) is 18.3 Å². The molecule has 1 aliphatic heterocycles. The molecule has 0 fully saturated rings. The van der Waals surface area contributed by atoms with Gasteiger partial charge in [-0.05, 0) is 61.4 Å². The molecule has 0 saturated carbocycles. The molecule has 7 nitrogen and oxygen atoms in total. The van der Waals surface area contributed by atoms with Gasteiger partial charge in [0, 0.05) is 30.3 Å². The van der Waals surface area contributed by atoms with Gasteiger partial charge in [0.25, 0.3) is 5.91 Å². The molecule has 2 aromatic heterocycles. The molecule has 1 aliphatic rings. The van der Waals surface area contributed by atoms with Crippen LogP contribution < -0.4 is 5.32 Å². The van der Waals surface area contributed by atoms with Crippen molar-refractivity contribution in [3.8, 4) is 17.1 Å². The lowest BCUT2D eigenvalue weighted by atomic mass is 10.1. The minimum Gasteiger partial charge on any atom is -0.319 e. The molecular formula is C24H20F4N6O. The fourth-order valence-electron chi connectivity index (χ4n) is 4.04. The molecule has 0 radical (unpaired) electrons. The minimum absolute atomic E-state index is 0.00977. The highest BCUT2D eigenvalue weighted by Crippen LogP contribution is 2.29. The van der Waals surface area contributed by atoms with E-state index in [0.717, 1.165) is 48.8 Å². The Bertz CT molecular complexity index is 1370. The lowest BCUT2D eigenvalue weighted by Crippen LogP contribution is -2.13. The summed E-state index contributed by atoms with van der Waals surface area (Å²) in [6.45, 7) is 0.782. The molecule has 5 rings (SSSR count). The van der Waals surface area contributed by atoms with E-state index in [0.29, 0.717) is 17.1 Å². The van der Waals surface area contributed by atoms with Crippen molar-refractivity contribution in [1.82, 2.24) is 24.5 Å². The highest BCUT2D eigenvalue weighted by atomic mass is 19.4. The number of carbonyl (C=O) groups excluding carboxylic acids is 1. The number of rotatable bonds is 4. The molecule has 0 spiro atoms. The second-order valence-corrected chi connectivity index (χ2v) is 8.24. The molecule has 0 saturated heterocycles. The molecule has 1 N–H and O–H groups in total. The fourth-order valence-corrected chi connectivity index (χ4v) is 4.04. The van der Waals surface area contributed by atoms with Gasteiger partial charge in [-0.25, -0.2) is 9.07 Å². The first-order valence-corrected chi connectivity index (χ1v) is 11.1. The van der Waals surface area contributed by atoms with Gasteiger partial charge < -0.3 is 9.88 Å². The average molecular weight is 484 g/mol. The van der Waals surface area contributed by atoms with Gasteiger partial charge in [0.15, 0.2) is 11.5 Å². The van der Waals surface area contributed by atoms with Crippen molar-refractivity contribution in [2.45, 2.75) is 38.4 Å². The molecule has 35 heavy (non-hydrogen) atoms. The third-order valence-corrected chi connectivity index (χ3v) is 5.86. The number of benzene rings is 2. The third kappa shape index (κ3) is 4.66. The van der Waals surface area contributed by atoms with Crippen molar-refractivity contribution in [2.24, 2.45) is 0 Å². The first-order chi connectivity index (χ1) is 16.8. The topological polar surface area (TPSA) is 77.6 Å². The maximum atomic E-state index is 14.5. The number of aryl methyl sites for hydroxylation is 1. The molecule has 0 unspecified atom stereocenters. The van der Waals surface area contributed by atoms with Gasteiger partial charge in [0.2, 0.25) is 0 Å². The number of anilines is 1. The Morgan fingerprint density at radius 2 is 1.77 bits per heavy atom. The Kier molecular flexibility index (Phi) is 5.83. The number of nitrogens with zero attached hydrogens (tertiary/aromatic N) is 5. The highest BCUT2D eigenvalue weighted by molar-refractivity contribution is 6.04. The Morgan fingerprint density at radius 1 is 0.971 bits per heavy atom. The zero-order valence-electron chi connectivity index (χ0n) is 18.4. The van der Waals surface area contributed by atoms with Crippen molar-refractivity contribution >= 4 is 11.6 Å². The number of halogens is 4. The monoisotopic (exact) mass is 484 g/mol.